The number of hydrogen-bond acceptors (Lipinski definition) is 7. The van der Waals surface area contributed by atoms with Gasteiger partial charge in [-0.25, -0.2) is 4.39 Å². The van der Waals surface area contributed by atoms with E-state index in [1.807, 2.05) is 0 Å². The number of aliphatic hydroxyl groups is 4. The van der Waals surface area contributed by atoms with Crippen molar-refractivity contribution in [2.24, 2.45) is 0 Å². The monoisotopic (exact) mass is 339 g/mol. The van der Waals surface area contributed by atoms with Gasteiger partial charge < -0.3 is 35.2 Å². The van der Waals surface area contributed by atoms with E-state index in [-0.39, 0.29) is 25.4 Å². The number of halogens is 1. The summed E-state index contributed by atoms with van der Waals surface area (Å²) >= 11 is 0. The summed E-state index contributed by atoms with van der Waals surface area (Å²) in [6.07, 6.45) is -8.08. The van der Waals surface area contributed by atoms with Gasteiger partial charge in [0.2, 0.25) is 5.91 Å². The second-order valence-electron chi connectivity index (χ2n) is 5.48. The van der Waals surface area contributed by atoms with Gasteiger partial charge in [0.25, 0.3) is 0 Å². The molecule has 1 amide bonds. The van der Waals surface area contributed by atoms with Crippen LogP contribution in [0.1, 0.15) is 26.7 Å². The van der Waals surface area contributed by atoms with Crippen molar-refractivity contribution in [2.45, 2.75) is 69.6 Å². The molecule has 136 valence electrons. The molecule has 1 saturated heterocycles. The number of amides is 1. The minimum atomic E-state index is -1.57. The van der Waals surface area contributed by atoms with Crippen LogP contribution >= 0.6 is 0 Å². The molecular weight excluding hydrogens is 313 g/mol. The molecule has 0 aromatic heterocycles. The molecule has 0 aromatic carbocycles. The smallest absolute Gasteiger partial charge is 0.220 e. The van der Waals surface area contributed by atoms with Gasteiger partial charge in [-0.1, -0.05) is 13.8 Å². The summed E-state index contributed by atoms with van der Waals surface area (Å²) in [5, 5.41) is 40.7. The van der Waals surface area contributed by atoms with E-state index in [1.54, 1.807) is 13.8 Å². The zero-order valence-corrected chi connectivity index (χ0v) is 13.3. The summed E-state index contributed by atoms with van der Waals surface area (Å²) in [6, 6.07) is -0.931. The highest BCUT2D eigenvalue weighted by Crippen LogP contribution is 2.22. The number of carbonyl (C=O) groups is 1. The van der Waals surface area contributed by atoms with Crippen LogP contribution in [0.5, 0.6) is 0 Å². The lowest BCUT2D eigenvalue weighted by Gasteiger charge is -2.40. The highest BCUT2D eigenvalue weighted by Gasteiger charge is 2.44. The Morgan fingerprint density at radius 1 is 1.26 bits per heavy atom. The Bertz CT molecular complexity index is 371. The Morgan fingerprint density at radius 3 is 2.43 bits per heavy atom. The fourth-order valence-electron chi connectivity index (χ4n) is 2.23. The molecule has 0 aliphatic carbocycles. The van der Waals surface area contributed by atoms with E-state index < -0.39 is 49.5 Å². The molecule has 0 bridgehead atoms. The Labute approximate surface area is 134 Å². The van der Waals surface area contributed by atoms with E-state index in [2.05, 4.69) is 5.32 Å². The number of hydrogen-bond donors (Lipinski definition) is 5. The topological polar surface area (TPSA) is 128 Å². The van der Waals surface area contributed by atoms with Crippen LogP contribution < -0.4 is 5.32 Å². The van der Waals surface area contributed by atoms with Crippen molar-refractivity contribution in [2.75, 3.05) is 13.2 Å². The minimum Gasteiger partial charge on any atom is -0.394 e. The molecule has 1 aliphatic rings. The van der Waals surface area contributed by atoms with E-state index in [0.717, 1.165) is 0 Å². The SMILES string of the molecule is CCC(=O)N[C@@H](CO[C@H]1OC(CO)[C@H](O)C(O)[C@@H]1O)[C@H](F)CC. The number of nitrogens with one attached hydrogen (secondary N) is 1. The minimum absolute atomic E-state index is 0.159. The molecule has 8 nitrogen and oxygen atoms in total. The van der Waals surface area contributed by atoms with Crippen LogP contribution in [0.3, 0.4) is 0 Å². The summed E-state index contributed by atoms with van der Waals surface area (Å²) in [5.74, 6) is -0.344. The first-order valence-electron chi connectivity index (χ1n) is 7.71. The normalized spacial score (nSPS) is 34.0. The van der Waals surface area contributed by atoms with Crippen molar-refractivity contribution >= 4 is 5.91 Å². The zero-order valence-electron chi connectivity index (χ0n) is 13.3. The quantitative estimate of drug-likeness (QED) is 0.362. The molecule has 23 heavy (non-hydrogen) atoms. The Balaban J connectivity index is 2.66. The second-order valence-corrected chi connectivity index (χ2v) is 5.48. The average Bonchev–Trinajstić information content (AvgIpc) is 2.56. The third-order valence-electron chi connectivity index (χ3n) is 3.78. The molecule has 0 spiro atoms. The van der Waals surface area contributed by atoms with Crippen LogP contribution in [0.25, 0.3) is 0 Å². The van der Waals surface area contributed by atoms with Gasteiger partial charge in [-0.3, -0.25) is 4.79 Å². The van der Waals surface area contributed by atoms with E-state index in [4.69, 9.17) is 14.6 Å². The lowest BCUT2D eigenvalue weighted by Crippen LogP contribution is -2.59. The molecule has 1 aliphatic heterocycles. The summed E-state index contributed by atoms with van der Waals surface area (Å²) in [5.41, 5.74) is 0. The predicted octanol–water partition coefficient (Wildman–Crippen LogP) is -1.55. The van der Waals surface area contributed by atoms with Gasteiger partial charge in [-0.15, -0.1) is 0 Å². The summed E-state index contributed by atoms with van der Waals surface area (Å²) < 4.78 is 24.3. The maximum absolute atomic E-state index is 13.9. The van der Waals surface area contributed by atoms with Crippen LogP contribution in [0, 0.1) is 0 Å². The van der Waals surface area contributed by atoms with Crippen LogP contribution in [-0.2, 0) is 14.3 Å². The molecule has 9 heteroatoms. The average molecular weight is 339 g/mol. The van der Waals surface area contributed by atoms with E-state index >= 15 is 0 Å². The fourth-order valence-corrected chi connectivity index (χ4v) is 2.23. The first kappa shape index (κ1) is 20.2. The van der Waals surface area contributed by atoms with Crippen molar-refractivity contribution < 1.29 is 39.1 Å². The lowest BCUT2D eigenvalue weighted by molar-refractivity contribution is -0.302. The second kappa shape index (κ2) is 9.45. The van der Waals surface area contributed by atoms with Gasteiger partial charge >= 0.3 is 0 Å². The molecule has 1 heterocycles. The molecule has 0 saturated carbocycles. The number of ether oxygens (including phenoxy) is 2. The predicted molar refractivity (Wildman–Crippen MR) is 77.1 cm³/mol. The first-order chi connectivity index (χ1) is 10.8. The zero-order chi connectivity index (χ0) is 17.6. The van der Waals surface area contributed by atoms with Gasteiger partial charge in [0.15, 0.2) is 6.29 Å². The largest absolute Gasteiger partial charge is 0.394 e. The molecule has 0 radical (unpaired) electrons. The number of carbonyl (C=O) groups excluding carboxylic acids is 1. The first-order valence-corrected chi connectivity index (χ1v) is 7.71. The summed E-state index contributed by atoms with van der Waals surface area (Å²) in [4.78, 5) is 11.4. The van der Waals surface area contributed by atoms with Gasteiger partial charge in [0.05, 0.1) is 19.3 Å². The van der Waals surface area contributed by atoms with Gasteiger partial charge in [0, 0.05) is 6.42 Å². The molecule has 7 atom stereocenters. The van der Waals surface area contributed by atoms with E-state index in [1.165, 1.54) is 0 Å². The summed E-state index contributed by atoms with van der Waals surface area (Å²) in [6.45, 7) is 2.37. The van der Waals surface area contributed by atoms with Gasteiger partial charge in [-0.05, 0) is 6.42 Å². The summed E-state index contributed by atoms with van der Waals surface area (Å²) in [7, 11) is 0. The Morgan fingerprint density at radius 2 is 1.91 bits per heavy atom. The van der Waals surface area contributed by atoms with Crippen LogP contribution in [-0.4, -0.2) is 82.5 Å². The fraction of sp³-hybridized carbons (Fsp3) is 0.929. The lowest BCUT2D eigenvalue weighted by atomic mass is 9.99. The van der Waals surface area contributed by atoms with Crippen molar-refractivity contribution in [3.05, 3.63) is 0 Å². The third-order valence-corrected chi connectivity index (χ3v) is 3.78. The van der Waals surface area contributed by atoms with Crippen LogP contribution in [0.2, 0.25) is 0 Å². The maximum Gasteiger partial charge on any atom is 0.220 e. The van der Waals surface area contributed by atoms with Gasteiger partial charge in [-0.2, -0.15) is 0 Å². The van der Waals surface area contributed by atoms with Crippen LogP contribution in [0.4, 0.5) is 4.39 Å². The highest BCUT2D eigenvalue weighted by molar-refractivity contribution is 5.75. The number of rotatable bonds is 8. The van der Waals surface area contributed by atoms with Crippen molar-refractivity contribution in [1.29, 1.82) is 0 Å². The van der Waals surface area contributed by atoms with Crippen molar-refractivity contribution in [3.63, 3.8) is 0 Å². The van der Waals surface area contributed by atoms with Crippen molar-refractivity contribution in [1.82, 2.24) is 5.32 Å². The molecule has 2 unspecified atom stereocenters. The molecule has 5 N–H and O–H groups in total. The number of aliphatic hydroxyl groups excluding tert-OH is 4. The molecule has 1 rings (SSSR count). The maximum atomic E-state index is 13.9. The third kappa shape index (κ3) is 5.33. The van der Waals surface area contributed by atoms with Gasteiger partial charge in [0.1, 0.15) is 30.6 Å². The van der Waals surface area contributed by atoms with Crippen molar-refractivity contribution in [3.8, 4) is 0 Å². The van der Waals surface area contributed by atoms with Crippen LogP contribution in [0.15, 0.2) is 0 Å². The van der Waals surface area contributed by atoms with E-state index in [9.17, 15) is 24.5 Å². The molecule has 1 fully saturated rings. The Kier molecular flexibility index (Phi) is 8.31. The Hall–Kier alpha value is -0.840. The highest BCUT2D eigenvalue weighted by atomic mass is 19.1. The van der Waals surface area contributed by atoms with E-state index in [0.29, 0.717) is 0 Å². The number of alkyl halides is 1. The molecular formula is C14H26FNO7. The standard InChI is InChI=1S/C14H26FNO7/c1-3-7(15)8(16-10(18)4-2)6-22-14-13(21)12(20)11(19)9(5-17)23-14/h7-9,11-14,17,19-21H,3-6H2,1-2H3,(H,16,18)/t7-,8+,9?,11+,12?,13+,14+/m1/s1. The molecule has 0 aromatic rings.